The first-order chi connectivity index (χ1) is 26.0. The Morgan fingerprint density at radius 2 is 1.43 bits per heavy atom. The highest BCUT2D eigenvalue weighted by atomic mass is 17.2. The highest BCUT2D eigenvalue weighted by Crippen LogP contribution is 2.89. The number of aliphatic hydroxyl groups excluding tert-OH is 8. The maximum atomic E-state index is 12.4. The first-order valence-corrected chi connectivity index (χ1v) is 21.0. The predicted molar refractivity (Wildman–Crippen MR) is 195 cm³/mol. The van der Waals surface area contributed by atoms with Crippen LogP contribution in [0.25, 0.3) is 0 Å². The zero-order chi connectivity index (χ0) is 40.8. The van der Waals surface area contributed by atoms with E-state index in [0.29, 0.717) is 19.3 Å². The lowest BCUT2D eigenvalue weighted by atomic mass is 9.41. The van der Waals surface area contributed by atoms with Gasteiger partial charge in [0, 0.05) is 5.92 Å². The van der Waals surface area contributed by atoms with Crippen molar-refractivity contribution in [2.24, 2.45) is 44.8 Å². The molecule has 15 nitrogen and oxygen atoms in total. The second-order valence-corrected chi connectivity index (χ2v) is 21.1. The lowest BCUT2D eigenvalue weighted by Crippen LogP contribution is -2.63. The SMILES string of the molecule is CC(C)(O)[C@@H]1CC[C@](C)([C@H]2[C@@H](O)C[C@@]3(C)[C@@H]4C[C@H](O)[C@H]5C(C)(C)[C@@H](O[C@@H]6OC[C@@H](O)[C@H](O)[C@H]6OO[C@@H]6O[C@H](CO)[C@@H](O)[C@H](O)[C@H]6O)CC[C@@]56C[C@@]46CC[C@]23C)O1. The van der Waals surface area contributed by atoms with Crippen molar-refractivity contribution in [2.45, 2.75) is 197 Å². The molecule has 3 saturated heterocycles. The van der Waals surface area contributed by atoms with Gasteiger partial charge in [-0.3, -0.25) is 0 Å². The maximum Gasteiger partial charge on any atom is 0.220 e. The first kappa shape index (κ1) is 42.1. The van der Waals surface area contributed by atoms with Gasteiger partial charge in [0.15, 0.2) is 12.4 Å². The fourth-order valence-corrected chi connectivity index (χ4v) is 14.8. The Labute approximate surface area is 329 Å². The van der Waals surface area contributed by atoms with Crippen molar-refractivity contribution in [3.05, 3.63) is 0 Å². The van der Waals surface area contributed by atoms with E-state index in [1.165, 1.54) is 0 Å². The minimum atomic E-state index is -1.75. The van der Waals surface area contributed by atoms with E-state index in [4.69, 9.17) is 28.7 Å². The van der Waals surface area contributed by atoms with Crippen LogP contribution in [0.4, 0.5) is 0 Å². The van der Waals surface area contributed by atoms with Crippen LogP contribution in [0.2, 0.25) is 0 Å². The molecule has 8 aliphatic rings. The number of ether oxygens (including phenoxy) is 4. The highest BCUT2D eigenvalue weighted by molar-refractivity contribution is 5.33. The summed E-state index contributed by atoms with van der Waals surface area (Å²) in [5.74, 6) is 0.00450. The third-order valence-electron chi connectivity index (χ3n) is 17.6. The smallest absolute Gasteiger partial charge is 0.220 e. The maximum absolute atomic E-state index is 12.4. The second-order valence-electron chi connectivity index (χ2n) is 21.1. The quantitative estimate of drug-likeness (QED) is 0.0932. The van der Waals surface area contributed by atoms with Crippen LogP contribution in [-0.4, -0.2) is 150 Å². The zero-order valence-corrected chi connectivity index (χ0v) is 34.0. The summed E-state index contributed by atoms with van der Waals surface area (Å²) < 4.78 is 24.6. The molecule has 0 amide bonds. The van der Waals surface area contributed by atoms with Gasteiger partial charge >= 0.3 is 0 Å². The summed E-state index contributed by atoms with van der Waals surface area (Å²) in [6, 6.07) is 0. The van der Waals surface area contributed by atoms with Gasteiger partial charge in [0.2, 0.25) is 6.29 Å². The number of rotatable bonds is 8. The van der Waals surface area contributed by atoms with Gasteiger partial charge in [-0.05, 0) is 117 Å². The van der Waals surface area contributed by atoms with Gasteiger partial charge in [-0.1, -0.05) is 27.7 Å². The zero-order valence-electron chi connectivity index (χ0n) is 34.0. The molecular formula is C41H68O15. The summed E-state index contributed by atoms with van der Waals surface area (Å²) in [5, 5.41) is 97.2. The summed E-state index contributed by atoms with van der Waals surface area (Å²) in [6.45, 7) is 13.8. The fourth-order valence-electron chi connectivity index (χ4n) is 14.8. The van der Waals surface area contributed by atoms with Crippen LogP contribution in [0.3, 0.4) is 0 Å². The molecule has 0 radical (unpaired) electrons. The topological polar surface area (TPSA) is 237 Å². The Hall–Kier alpha value is -0.600. The van der Waals surface area contributed by atoms with Crippen LogP contribution in [0, 0.1) is 44.8 Å². The summed E-state index contributed by atoms with van der Waals surface area (Å²) in [6.07, 6.45) is -8.17. The minimum absolute atomic E-state index is 0.0155. The van der Waals surface area contributed by atoms with Crippen molar-refractivity contribution in [2.75, 3.05) is 13.2 Å². The van der Waals surface area contributed by atoms with E-state index in [2.05, 4.69) is 34.6 Å². The standard InChI is InChI=1S/C41H68O15/c1-35(2)24(53-34-30(26(46)21(45)17-51-34)55-56-33-29(49)28(48)27(47)22(16-42)52-33)9-11-41-18-40(41)13-12-37(5)32(39(7)10-8-25(54-39)36(3,4)50)20(44)15-38(37,6)23(40)14-19(43)31(35)41/h19-34,42-50H,8-18H2,1-7H3/t19-,20-,21+,22+,23-,24-,25-,26-,27+,28-,29+,30+,31-,32-,33-,34-,37+,38-,39+,40-,41+/m0/s1. The number of fused-ring (bicyclic) bond motifs is 2. The molecule has 8 rings (SSSR count). The van der Waals surface area contributed by atoms with Crippen molar-refractivity contribution in [1.29, 1.82) is 0 Å². The lowest BCUT2D eigenvalue weighted by molar-refractivity contribution is -0.470. The first-order valence-electron chi connectivity index (χ1n) is 21.0. The molecule has 21 atom stereocenters. The average molecular weight is 801 g/mol. The van der Waals surface area contributed by atoms with Gasteiger partial charge in [-0.2, -0.15) is 0 Å². The van der Waals surface area contributed by atoms with E-state index in [9.17, 15) is 46.0 Å². The molecule has 56 heavy (non-hydrogen) atoms. The molecule has 5 saturated carbocycles. The van der Waals surface area contributed by atoms with Crippen LogP contribution in [-0.2, 0) is 28.7 Å². The Morgan fingerprint density at radius 1 is 0.714 bits per heavy atom. The van der Waals surface area contributed by atoms with Gasteiger partial charge in [0.25, 0.3) is 0 Å². The normalized spacial score (nSPS) is 57.9. The van der Waals surface area contributed by atoms with Crippen molar-refractivity contribution < 1.29 is 74.7 Å². The van der Waals surface area contributed by atoms with Gasteiger partial charge in [-0.15, -0.1) is 0 Å². The highest BCUT2D eigenvalue weighted by Gasteiger charge is 2.85. The Kier molecular flexibility index (Phi) is 10.3. The van der Waals surface area contributed by atoms with Crippen molar-refractivity contribution in [3.63, 3.8) is 0 Å². The monoisotopic (exact) mass is 800 g/mol. The number of aliphatic hydroxyl groups is 9. The molecule has 9 N–H and O–H groups in total. The van der Waals surface area contributed by atoms with Crippen LogP contribution < -0.4 is 0 Å². The van der Waals surface area contributed by atoms with E-state index in [1.807, 2.05) is 0 Å². The summed E-state index contributed by atoms with van der Waals surface area (Å²) in [4.78, 5) is 10.9. The van der Waals surface area contributed by atoms with Crippen LogP contribution in [0.15, 0.2) is 0 Å². The largest absolute Gasteiger partial charge is 0.394 e. The third kappa shape index (κ3) is 5.84. The van der Waals surface area contributed by atoms with Crippen LogP contribution in [0.1, 0.15) is 106 Å². The predicted octanol–water partition coefficient (Wildman–Crippen LogP) is 0.656. The molecule has 0 aromatic carbocycles. The summed E-state index contributed by atoms with van der Waals surface area (Å²) in [7, 11) is 0. The van der Waals surface area contributed by atoms with Crippen molar-refractivity contribution in [1.82, 2.24) is 0 Å². The number of hydrogen-bond acceptors (Lipinski definition) is 15. The summed E-state index contributed by atoms with van der Waals surface area (Å²) in [5.41, 5.74) is -2.66. The van der Waals surface area contributed by atoms with E-state index in [1.54, 1.807) is 13.8 Å². The van der Waals surface area contributed by atoms with E-state index >= 15 is 0 Å². The molecule has 3 aliphatic heterocycles. The molecule has 322 valence electrons. The molecule has 0 aromatic heterocycles. The third-order valence-corrected chi connectivity index (χ3v) is 17.6. The summed E-state index contributed by atoms with van der Waals surface area (Å²) >= 11 is 0. The number of hydrogen-bond donors (Lipinski definition) is 9. The Balaban J connectivity index is 0.997. The minimum Gasteiger partial charge on any atom is -0.394 e. The molecular weight excluding hydrogens is 732 g/mol. The molecule has 0 aromatic rings. The molecule has 15 heteroatoms. The van der Waals surface area contributed by atoms with Crippen LogP contribution >= 0.6 is 0 Å². The molecule has 8 fully saturated rings. The van der Waals surface area contributed by atoms with E-state index in [0.717, 1.165) is 38.5 Å². The average Bonchev–Trinajstić information content (AvgIpc) is 3.47. The molecule has 0 unspecified atom stereocenters. The van der Waals surface area contributed by atoms with E-state index in [-0.39, 0.29) is 52.1 Å². The Bertz CT molecular complexity index is 1470. The van der Waals surface area contributed by atoms with Gasteiger partial charge in [0.05, 0.1) is 48.8 Å². The fraction of sp³-hybridized carbons (Fsp3) is 1.00. The van der Waals surface area contributed by atoms with Crippen molar-refractivity contribution >= 4 is 0 Å². The lowest BCUT2D eigenvalue weighted by Gasteiger charge is -2.64. The van der Waals surface area contributed by atoms with E-state index < -0.39 is 96.8 Å². The van der Waals surface area contributed by atoms with Gasteiger partial charge in [-0.25, -0.2) is 9.78 Å². The molecule has 3 heterocycles. The second kappa shape index (κ2) is 13.7. The molecule has 2 spiro atoms. The van der Waals surface area contributed by atoms with Crippen LogP contribution in [0.5, 0.6) is 0 Å². The molecule has 0 bridgehead atoms. The van der Waals surface area contributed by atoms with Gasteiger partial charge < -0.3 is 64.9 Å². The van der Waals surface area contributed by atoms with Gasteiger partial charge in [0.1, 0.15) is 36.6 Å². The Morgan fingerprint density at radius 3 is 2.09 bits per heavy atom. The molecule has 5 aliphatic carbocycles. The van der Waals surface area contributed by atoms with Crippen molar-refractivity contribution in [3.8, 4) is 0 Å².